The molecule has 1 aromatic rings. The van der Waals surface area contributed by atoms with Gasteiger partial charge in [-0.1, -0.05) is 0 Å². The summed E-state index contributed by atoms with van der Waals surface area (Å²) in [6.45, 7) is 3.78. The van der Waals surface area contributed by atoms with Crippen molar-refractivity contribution in [1.29, 1.82) is 0 Å². The number of hydrogen-bond acceptors (Lipinski definition) is 4. The number of amides is 1. The van der Waals surface area contributed by atoms with Crippen LogP contribution in [0.2, 0.25) is 0 Å². The van der Waals surface area contributed by atoms with Crippen molar-refractivity contribution in [2.75, 3.05) is 13.1 Å². The van der Waals surface area contributed by atoms with Gasteiger partial charge in [0.15, 0.2) is 0 Å². The van der Waals surface area contributed by atoms with Gasteiger partial charge in [0.1, 0.15) is 12.2 Å². The van der Waals surface area contributed by atoms with Crippen LogP contribution in [0.4, 0.5) is 13.2 Å². The fourth-order valence-electron chi connectivity index (χ4n) is 2.65. The van der Waals surface area contributed by atoms with Gasteiger partial charge < -0.3 is 5.73 Å². The summed E-state index contributed by atoms with van der Waals surface area (Å²) in [6.07, 6.45) is -3.06. The van der Waals surface area contributed by atoms with Crippen LogP contribution >= 0.6 is 0 Å². The fourth-order valence-corrected chi connectivity index (χ4v) is 2.65. The van der Waals surface area contributed by atoms with Crippen LogP contribution in [-0.2, 0) is 11.3 Å². The van der Waals surface area contributed by atoms with Gasteiger partial charge in [0.25, 0.3) is 0 Å². The van der Waals surface area contributed by atoms with Crippen LogP contribution in [0.3, 0.4) is 0 Å². The minimum absolute atomic E-state index is 0.00946. The van der Waals surface area contributed by atoms with E-state index in [0.29, 0.717) is 5.82 Å². The summed E-state index contributed by atoms with van der Waals surface area (Å²) in [5.41, 5.74) is 5.10. The summed E-state index contributed by atoms with van der Waals surface area (Å²) in [5, 5.41) is 4.04. The highest BCUT2D eigenvalue weighted by Crippen LogP contribution is 2.37. The Labute approximate surface area is 120 Å². The molecule has 0 saturated carbocycles. The molecular formula is C12H18F3N5O. The molecule has 0 aliphatic carbocycles. The Kier molecular flexibility index (Phi) is 4.22. The standard InChI is InChI=1S/C12H18F3N5O/c1-7(2)20-10(17-6-18-20)5-19-3-8(11(16)21)9(4-19)12(13,14)15/h6-9H,3-5H2,1-2H3,(H2,16,21)/t8-,9-/m1/s1. The van der Waals surface area contributed by atoms with Crippen molar-refractivity contribution >= 4 is 5.91 Å². The molecule has 6 nitrogen and oxygen atoms in total. The average Bonchev–Trinajstić information content (AvgIpc) is 2.94. The molecule has 0 aromatic carbocycles. The van der Waals surface area contributed by atoms with Gasteiger partial charge in [0.2, 0.25) is 5.91 Å². The number of halogens is 3. The first-order chi connectivity index (χ1) is 9.70. The van der Waals surface area contributed by atoms with Crippen molar-refractivity contribution < 1.29 is 18.0 Å². The Morgan fingerprint density at radius 3 is 2.62 bits per heavy atom. The molecule has 0 radical (unpaired) electrons. The Hall–Kier alpha value is -1.64. The van der Waals surface area contributed by atoms with Gasteiger partial charge in [-0.25, -0.2) is 9.67 Å². The van der Waals surface area contributed by atoms with Crippen molar-refractivity contribution in [2.24, 2.45) is 17.6 Å². The minimum Gasteiger partial charge on any atom is -0.369 e. The van der Waals surface area contributed by atoms with Crippen LogP contribution in [0, 0.1) is 11.8 Å². The molecule has 2 rings (SSSR count). The van der Waals surface area contributed by atoms with Gasteiger partial charge in [-0.2, -0.15) is 18.3 Å². The van der Waals surface area contributed by atoms with Crippen LogP contribution in [-0.4, -0.2) is 44.8 Å². The fraction of sp³-hybridized carbons (Fsp3) is 0.750. The molecule has 21 heavy (non-hydrogen) atoms. The van der Waals surface area contributed by atoms with E-state index >= 15 is 0 Å². The second-order valence-electron chi connectivity index (χ2n) is 5.57. The van der Waals surface area contributed by atoms with Crippen LogP contribution in [0.25, 0.3) is 0 Å². The smallest absolute Gasteiger partial charge is 0.369 e. The Morgan fingerprint density at radius 1 is 1.48 bits per heavy atom. The lowest BCUT2D eigenvalue weighted by Gasteiger charge is -2.19. The van der Waals surface area contributed by atoms with Crippen molar-refractivity contribution in [1.82, 2.24) is 19.7 Å². The maximum Gasteiger partial charge on any atom is 0.393 e. The van der Waals surface area contributed by atoms with Crippen LogP contribution < -0.4 is 5.73 Å². The summed E-state index contributed by atoms with van der Waals surface area (Å²) >= 11 is 0. The van der Waals surface area contributed by atoms with Gasteiger partial charge in [0, 0.05) is 19.1 Å². The molecule has 0 spiro atoms. The summed E-state index contributed by atoms with van der Waals surface area (Å²) in [4.78, 5) is 16.9. The summed E-state index contributed by atoms with van der Waals surface area (Å²) in [7, 11) is 0. The molecule has 0 bridgehead atoms. The van der Waals surface area contributed by atoms with E-state index in [-0.39, 0.29) is 25.7 Å². The zero-order valence-corrected chi connectivity index (χ0v) is 11.8. The predicted molar refractivity (Wildman–Crippen MR) is 67.9 cm³/mol. The highest BCUT2D eigenvalue weighted by molar-refractivity contribution is 5.77. The highest BCUT2D eigenvalue weighted by Gasteiger charge is 2.51. The second kappa shape index (κ2) is 5.63. The molecule has 1 aliphatic heterocycles. The highest BCUT2D eigenvalue weighted by atomic mass is 19.4. The number of alkyl halides is 3. The number of carbonyl (C=O) groups is 1. The normalized spacial score (nSPS) is 23.9. The lowest BCUT2D eigenvalue weighted by atomic mass is 9.95. The number of carbonyl (C=O) groups excluding carboxylic acids is 1. The number of primary amides is 1. The molecule has 1 aromatic heterocycles. The third-order valence-corrected chi connectivity index (χ3v) is 3.68. The van der Waals surface area contributed by atoms with Crippen LogP contribution in [0.15, 0.2) is 6.33 Å². The first-order valence-electron chi connectivity index (χ1n) is 6.67. The molecule has 1 aliphatic rings. The van der Waals surface area contributed by atoms with E-state index in [0.717, 1.165) is 0 Å². The van der Waals surface area contributed by atoms with Gasteiger partial charge in [-0.3, -0.25) is 9.69 Å². The van der Waals surface area contributed by atoms with Crippen molar-refractivity contribution in [3.63, 3.8) is 0 Å². The number of likely N-dealkylation sites (tertiary alicyclic amines) is 1. The van der Waals surface area contributed by atoms with E-state index in [1.54, 1.807) is 9.58 Å². The number of hydrogen-bond donors (Lipinski definition) is 1. The Balaban J connectivity index is 2.12. The van der Waals surface area contributed by atoms with E-state index in [1.807, 2.05) is 13.8 Å². The molecule has 2 heterocycles. The van der Waals surface area contributed by atoms with Gasteiger partial charge >= 0.3 is 6.18 Å². The van der Waals surface area contributed by atoms with Crippen molar-refractivity contribution in [3.8, 4) is 0 Å². The average molecular weight is 305 g/mol. The molecule has 9 heteroatoms. The SMILES string of the molecule is CC(C)n1ncnc1CN1C[C@@H](C(F)(F)F)[C@H](C(N)=O)C1. The minimum atomic E-state index is -4.43. The number of nitrogens with two attached hydrogens (primary N) is 1. The molecule has 1 fully saturated rings. The van der Waals surface area contributed by atoms with Crippen molar-refractivity contribution in [2.45, 2.75) is 32.6 Å². The molecule has 1 saturated heterocycles. The Morgan fingerprint density at radius 2 is 2.14 bits per heavy atom. The monoisotopic (exact) mass is 305 g/mol. The van der Waals surface area contributed by atoms with Gasteiger partial charge in [0.05, 0.1) is 18.4 Å². The van der Waals surface area contributed by atoms with Crippen molar-refractivity contribution in [3.05, 3.63) is 12.2 Å². The molecule has 118 valence electrons. The number of rotatable bonds is 4. The van der Waals surface area contributed by atoms with E-state index in [2.05, 4.69) is 10.1 Å². The summed E-state index contributed by atoms with van der Waals surface area (Å²) in [6, 6.07) is 0.0652. The zero-order chi connectivity index (χ0) is 15.8. The predicted octanol–water partition coefficient (Wildman–Crippen LogP) is 0.955. The molecular weight excluding hydrogens is 287 g/mol. The molecule has 2 N–H and O–H groups in total. The third-order valence-electron chi connectivity index (χ3n) is 3.68. The molecule has 0 unspecified atom stereocenters. The topological polar surface area (TPSA) is 77.0 Å². The third kappa shape index (κ3) is 3.34. The number of aromatic nitrogens is 3. The first kappa shape index (κ1) is 15.7. The van der Waals surface area contributed by atoms with E-state index in [1.165, 1.54) is 6.33 Å². The lowest BCUT2D eigenvalue weighted by molar-refractivity contribution is -0.182. The maximum absolute atomic E-state index is 13.0. The first-order valence-corrected chi connectivity index (χ1v) is 6.67. The van der Waals surface area contributed by atoms with E-state index in [4.69, 9.17) is 5.73 Å². The second-order valence-corrected chi connectivity index (χ2v) is 5.57. The molecule has 1 amide bonds. The molecule has 2 atom stereocenters. The van der Waals surface area contributed by atoms with Crippen LogP contribution in [0.1, 0.15) is 25.7 Å². The van der Waals surface area contributed by atoms with Crippen LogP contribution in [0.5, 0.6) is 0 Å². The van der Waals surface area contributed by atoms with E-state index < -0.39 is 23.9 Å². The summed E-state index contributed by atoms with van der Waals surface area (Å²) < 4.78 is 40.5. The van der Waals surface area contributed by atoms with E-state index in [9.17, 15) is 18.0 Å². The van der Waals surface area contributed by atoms with Gasteiger partial charge in [-0.15, -0.1) is 0 Å². The van der Waals surface area contributed by atoms with Gasteiger partial charge in [-0.05, 0) is 13.8 Å². The largest absolute Gasteiger partial charge is 0.393 e. The zero-order valence-electron chi connectivity index (χ0n) is 11.8. The maximum atomic E-state index is 13.0. The summed E-state index contributed by atoms with van der Waals surface area (Å²) in [5.74, 6) is -3.26. The number of nitrogens with zero attached hydrogens (tertiary/aromatic N) is 4. The lowest BCUT2D eigenvalue weighted by Crippen LogP contribution is -2.37. The Bertz CT molecular complexity index is 513. The quantitative estimate of drug-likeness (QED) is 0.898.